The van der Waals surface area contributed by atoms with Crippen LogP contribution in [0.4, 0.5) is 10.1 Å². The topological polar surface area (TPSA) is 29.5 Å². The summed E-state index contributed by atoms with van der Waals surface area (Å²) in [6.45, 7) is 0.357. The van der Waals surface area contributed by atoms with Crippen LogP contribution in [0.25, 0.3) is 6.08 Å². The van der Waals surface area contributed by atoms with Gasteiger partial charge in [-0.05, 0) is 53.6 Å². The number of nitrogens with zero attached hydrogens (tertiary/aromatic N) is 1. The van der Waals surface area contributed by atoms with Crippen LogP contribution in [-0.2, 0) is 11.4 Å². The highest BCUT2D eigenvalue weighted by molar-refractivity contribution is 8.27. The van der Waals surface area contributed by atoms with Gasteiger partial charge in [-0.3, -0.25) is 9.69 Å². The zero-order chi connectivity index (χ0) is 20.2. The van der Waals surface area contributed by atoms with Crippen LogP contribution in [-0.4, -0.2) is 10.2 Å². The highest BCUT2D eigenvalue weighted by Gasteiger charge is 2.33. The second-order valence-electron chi connectivity index (χ2n) is 6.34. The van der Waals surface area contributed by atoms with Crippen LogP contribution in [0.3, 0.4) is 0 Å². The Morgan fingerprint density at radius 3 is 2.34 bits per heavy atom. The third-order valence-electron chi connectivity index (χ3n) is 4.30. The van der Waals surface area contributed by atoms with Gasteiger partial charge >= 0.3 is 0 Å². The van der Waals surface area contributed by atoms with Gasteiger partial charge < -0.3 is 4.74 Å². The van der Waals surface area contributed by atoms with Crippen LogP contribution in [0, 0.1) is 5.82 Å². The molecule has 1 aliphatic rings. The van der Waals surface area contributed by atoms with E-state index in [-0.39, 0.29) is 11.7 Å². The van der Waals surface area contributed by atoms with Gasteiger partial charge in [0.15, 0.2) is 4.32 Å². The Morgan fingerprint density at radius 1 is 0.966 bits per heavy atom. The van der Waals surface area contributed by atoms with Crippen molar-refractivity contribution in [2.45, 2.75) is 6.61 Å². The van der Waals surface area contributed by atoms with Gasteiger partial charge in [-0.25, -0.2) is 4.39 Å². The summed E-state index contributed by atoms with van der Waals surface area (Å²) in [6.07, 6.45) is 1.83. The van der Waals surface area contributed by atoms with E-state index in [0.717, 1.165) is 16.8 Å². The first-order chi connectivity index (χ1) is 14.1. The average Bonchev–Trinajstić information content (AvgIpc) is 3.02. The number of ether oxygens (including phenoxy) is 1. The third-order valence-corrected chi connectivity index (χ3v) is 5.61. The first-order valence-corrected chi connectivity index (χ1v) is 10.1. The Labute approximate surface area is 177 Å². The Hall–Kier alpha value is -2.96. The van der Waals surface area contributed by atoms with Gasteiger partial charge in [0.05, 0.1) is 10.6 Å². The molecule has 144 valence electrons. The lowest BCUT2D eigenvalue weighted by Crippen LogP contribution is -2.27. The number of para-hydroxylation sites is 1. The van der Waals surface area contributed by atoms with Crippen LogP contribution >= 0.6 is 24.0 Å². The van der Waals surface area contributed by atoms with Crippen molar-refractivity contribution in [3.8, 4) is 5.75 Å². The molecule has 0 atom stereocenters. The molecule has 4 rings (SSSR count). The Balaban J connectivity index is 1.44. The second kappa shape index (κ2) is 8.59. The summed E-state index contributed by atoms with van der Waals surface area (Å²) in [5, 5.41) is 0. The van der Waals surface area contributed by atoms with Crippen molar-refractivity contribution >= 4 is 46.0 Å². The normalized spacial score (nSPS) is 15.2. The van der Waals surface area contributed by atoms with Crippen molar-refractivity contribution < 1.29 is 13.9 Å². The van der Waals surface area contributed by atoms with Crippen molar-refractivity contribution in [3.05, 3.63) is 101 Å². The number of rotatable bonds is 5. The summed E-state index contributed by atoms with van der Waals surface area (Å²) in [6, 6.07) is 23.0. The molecule has 0 saturated carbocycles. The number of hydrogen-bond acceptors (Lipinski definition) is 4. The molecular weight excluding hydrogens is 405 g/mol. The number of amides is 1. The Kier molecular flexibility index (Phi) is 5.74. The summed E-state index contributed by atoms with van der Waals surface area (Å²) < 4.78 is 19.2. The van der Waals surface area contributed by atoms with Gasteiger partial charge in [-0.15, -0.1) is 0 Å². The SMILES string of the molecule is O=C1/C(=C\c2ccc(OCc3ccc(F)cc3)cc2)SC(=S)N1c1ccccc1. The molecule has 3 aromatic carbocycles. The molecule has 6 heteroatoms. The number of benzene rings is 3. The fraction of sp³-hybridized carbons (Fsp3) is 0.0435. The lowest BCUT2D eigenvalue weighted by Gasteiger charge is -2.13. The monoisotopic (exact) mass is 421 g/mol. The molecule has 0 aromatic heterocycles. The van der Waals surface area contributed by atoms with Gasteiger partial charge in [0.25, 0.3) is 5.91 Å². The molecule has 1 amide bonds. The van der Waals surface area contributed by atoms with Crippen molar-refractivity contribution in [2.24, 2.45) is 0 Å². The summed E-state index contributed by atoms with van der Waals surface area (Å²) in [5.41, 5.74) is 2.54. The number of hydrogen-bond donors (Lipinski definition) is 0. The summed E-state index contributed by atoms with van der Waals surface area (Å²) in [4.78, 5) is 14.9. The maximum Gasteiger partial charge on any atom is 0.270 e. The van der Waals surface area contributed by atoms with Crippen LogP contribution in [0.1, 0.15) is 11.1 Å². The van der Waals surface area contributed by atoms with Crippen molar-refractivity contribution in [2.75, 3.05) is 4.90 Å². The maximum atomic E-state index is 13.0. The molecule has 3 aromatic rings. The second-order valence-corrected chi connectivity index (χ2v) is 8.01. The molecule has 0 unspecified atom stereocenters. The Morgan fingerprint density at radius 2 is 1.66 bits per heavy atom. The largest absolute Gasteiger partial charge is 0.489 e. The molecule has 0 radical (unpaired) electrons. The number of anilines is 1. The van der Waals surface area contributed by atoms with E-state index in [1.54, 1.807) is 17.0 Å². The standard InChI is InChI=1S/C23H16FNO2S2/c24-18-10-6-17(7-11-18)15-27-20-12-8-16(9-13-20)14-21-22(26)25(23(28)29-21)19-4-2-1-3-5-19/h1-14H,15H2/b21-14+. The number of halogens is 1. The fourth-order valence-corrected chi connectivity index (χ4v) is 4.13. The van der Waals surface area contributed by atoms with Gasteiger partial charge in [-0.1, -0.05) is 66.4 Å². The lowest BCUT2D eigenvalue weighted by atomic mass is 10.2. The van der Waals surface area contributed by atoms with E-state index >= 15 is 0 Å². The number of carbonyl (C=O) groups is 1. The van der Waals surface area contributed by atoms with E-state index in [1.807, 2.05) is 60.7 Å². The van der Waals surface area contributed by atoms with Crippen molar-refractivity contribution in [1.29, 1.82) is 0 Å². The van der Waals surface area contributed by atoms with E-state index in [9.17, 15) is 9.18 Å². The zero-order valence-corrected chi connectivity index (χ0v) is 16.9. The molecule has 1 fully saturated rings. The number of carbonyl (C=O) groups excluding carboxylic acids is 1. The molecule has 1 aliphatic heterocycles. The molecular formula is C23H16FNO2S2. The molecule has 1 saturated heterocycles. The van der Waals surface area contributed by atoms with E-state index in [0.29, 0.717) is 21.6 Å². The average molecular weight is 422 g/mol. The molecule has 0 bridgehead atoms. The molecule has 0 spiro atoms. The first-order valence-electron chi connectivity index (χ1n) is 8.90. The highest BCUT2D eigenvalue weighted by atomic mass is 32.2. The minimum Gasteiger partial charge on any atom is -0.489 e. The van der Waals surface area contributed by atoms with Crippen molar-refractivity contribution in [3.63, 3.8) is 0 Å². The highest BCUT2D eigenvalue weighted by Crippen LogP contribution is 2.36. The van der Waals surface area contributed by atoms with E-state index in [1.165, 1.54) is 23.9 Å². The van der Waals surface area contributed by atoms with E-state index in [2.05, 4.69) is 0 Å². The Bertz CT molecular complexity index is 1060. The molecule has 1 heterocycles. The number of thioether (sulfide) groups is 1. The van der Waals surface area contributed by atoms with E-state index < -0.39 is 0 Å². The van der Waals surface area contributed by atoms with Crippen LogP contribution < -0.4 is 9.64 Å². The van der Waals surface area contributed by atoms with Crippen LogP contribution in [0.5, 0.6) is 5.75 Å². The van der Waals surface area contributed by atoms with Gasteiger partial charge in [0, 0.05) is 0 Å². The fourth-order valence-electron chi connectivity index (χ4n) is 2.83. The van der Waals surface area contributed by atoms with Gasteiger partial charge in [0.2, 0.25) is 0 Å². The lowest BCUT2D eigenvalue weighted by molar-refractivity contribution is -0.113. The quantitative estimate of drug-likeness (QED) is 0.384. The predicted molar refractivity (Wildman–Crippen MR) is 119 cm³/mol. The molecule has 0 aliphatic carbocycles. The zero-order valence-electron chi connectivity index (χ0n) is 15.2. The van der Waals surface area contributed by atoms with Crippen LogP contribution in [0.15, 0.2) is 83.8 Å². The van der Waals surface area contributed by atoms with E-state index in [4.69, 9.17) is 17.0 Å². The molecule has 29 heavy (non-hydrogen) atoms. The molecule has 0 N–H and O–H groups in total. The minimum atomic E-state index is -0.268. The smallest absolute Gasteiger partial charge is 0.270 e. The summed E-state index contributed by atoms with van der Waals surface area (Å²) in [5.74, 6) is 0.307. The van der Waals surface area contributed by atoms with Gasteiger partial charge in [0.1, 0.15) is 18.2 Å². The summed E-state index contributed by atoms with van der Waals surface area (Å²) >= 11 is 6.68. The maximum absolute atomic E-state index is 13.0. The minimum absolute atomic E-state index is 0.122. The van der Waals surface area contributed by atoms with Crippen molar-refractivity contribution in [1.82, 2.24) is 0 Å². The van der Waals surface area contributed by atoms with Crippen LogP contribution in [0.2, 0.25) is 0 Å². The summed E-state index contributed by atoms with van der Waals surface area (Å²) in [7, 11) is 0. The predicted octanol–water partition coefficient (Wildman–Crippen LogP) is 5.81. The van der Waals surface area contributed by atoms with Gasteiger partial charge in [-0.2, -0.15) is 0 Å². The number of thiocarbonyl (C=S) groups is 1. The first kappa shape index (κ1) is 19.4. The third kappa shape index (κ3) is 4.55. The molecule has 3 nitrogen and oxygen atoms in total.